The van der Waals surface area contributed by atoms with E-state index in [1.54, 1.807) is 0 Å². The molecule has 0 aliphatic rings. The number of carbonyl (C=O) groups excluding carboxylic acids is 2. The minimum absolute atomic E-state index is 0.0138. The molecule has 0 fully saturated rings. The average molecular weight is 363 g/mol. The minimum Gasteiger partial charge on any atom is -0.441 e. The lowest BCUT2D eigenvalue weighted by Crippen LogP contribution is -2.17. The fourth-order valence-electron chi connectivity index (χ4n) is 3.59. The lowest BCUT2D eigenvalue weighted by molar-refractivity contribution is -0.151. The summed E-state index contributed by atoms with van der Waals surface area (Å²) in [7, 11) is 0. The van der Waals surface area contributed by atoms with E-state index in [2.05, 4.69) is 6.92 Å². The van der Waals surface area contributed by atoms with Crippen LogP contribution in [0.1, 0.15) is 61.0 Å². The lowest BCUT2D eigenvalue weighted by atomic mass is 10.0. The second-order valence-corrected chi connectivity index (χ2v) is 6.75. The van der Waals surface area contributed by atoms with E-state index in [9.17, 15) is 9.59 Å². The molecule has 4 heteroatoms. The van der Waals surface area contributed by atoms with Crippen LogP contribution in [0.25, 0.3) is 10.9 Å². The van der Waals surface area contributed by atoms with Gasteiger partial charge in [-0.3, -0.25) is 9.59 Å². The third-order valence-electron chi connectivity index (χ3n) is 4.81. The summed E-state index contributed by atoms with van der Waals surface area (Å²) in [5, 5.41) is 0.887. The van der Waals surface area contributed by atoms with E-state index in [0.717, 1.165) is 29.4 Å². The third-order valence-corrected chi connectivity index (χ3v) is 4.81. The Morgan fingerprint density at radius 3 is 2.37 bits per heavy atom. The molecule has 0 aliphatic carbocycles. The number of para-hydroxylation sites is 1. The number of hydrogen-bond acceptors (Lipinski definition) is 3. The highest BCUT2D eigenvalue weighted by molar-refractivity contribution is 6.17. The van der Waals surface area contributed by atoms with E-state index < -0.39 is 6.23 Å². The Morgan fingerprint density at radius 2 is 1.70 bits per heavy atom. The second kappa shape index (κ2) is 8.21. The number of ether oxygens (including phenoxy) is 1. The Labute approximate surface area is 159 Å². The first kappa shape index (κ1) is 18.9. The number of rotatable bonds is 7. The van der Waals surface area contributed by atoms with Crippen molar-refractivity contribution in [3.05, 3.63) is 71.4 Å². The van der Waals surface area contributed by atoms with E-state index in [-0.39, 0.29) is 11.8 Å². The van der Waals surface area contributed by atoms with Crippen LogP contribution in [0.5, 0.6) is 0 Å². The fourth-order valence-corrected chi connectivity index (χ4v) is 3.59. The highest BCUT2D eigenvalue weighted by atomic mass is 16.6. The summed E-state index contributed by atoms with van der Waals surface area (Å²) in [6.45, 7) is 5.46. The van der Waals surface area contributed by atoms with Crippen molar-refractivity contribution in [3.63, 3.8) is 0 Å². The van der Waals surface area contributed by atoms with E-state index in [1.165, 1.54) is 6.92 Å². The van der Waals surface area contributed by atoms with Crippen molar-refractivity contribution < 1.29 is 14.3 Å². The van der Waals surface area contributed by atoms with E-state index in [4.69, 9.17) is 4.74 Å². The van der Waals surface area contributed by atoms with Crippen molar-refractivity contribution >= 4 is 22.7 Å². The molecule has 1 atom stereocenters. The Kier molecular flexibility index (Phi) is 5.75. The van der Waals surface area contributed by atoms with E-state index in [0.29, 0.717) is 17.5 Å². The van der Waals surface area contributed by atoms with Gasteiger partial charge in [0, 0.05) is 30.0 Å². The van der Waals surface area contributed by atoms with Crippen LogP contribution in [-0.4, -0.2) is 16.3 Å². The summed E-state index contributed by atoms with van der Waals surface area (Å²) in [5.41, 5.74) is 3.07. The number of unbranched alkanes of at least 4 members (excludes halogenated alkanes) is 1. The van der Waals surface area contributed by atoms with Gasteiger partial charge in [-0.2, -0.15) is 0 Å². The van der Waals surface area contributed by atoms with Crippen molar-refractivity contribution in [2.45, 2.75) is 46.3 Å². The largest absolute Gasteiger partial charge is 0.441 e. The summed E-state index contributed by atoms with van der Waals surface area (Å²) in [5.74, 6) is -0.329. The lowest BCUT2D eigenvalue weighted by Gasteiger charge is -2.21. The number of ketones is 1. The van der Waals surface area contributed by atoms with Gasteiger partial charge in [0.1, 0.15) is 0 Å². The first-order valence-electron chi connectivity index (χ1n) is 9.41. The molecule has 27 heavy (non-hydrogen) atoms. The van der Waals surface area contributed by atoms with Gasteiger partial charge in [-0.1, -0.05) is 61.9 Å². The third kappa shape index (κ3) is 3.80. The number of esters is 1. The predicted molar refractivity (Wildman–Crippen MR) is 107 cm³/mol. The SMILES string of the molecule is CCCCC(OC(C)=O)n1c(C)c(C(=O)c2ccccc2)c2ccccc21. The minimum atomic E-state index is -0.412. The molecule has 1 heterocycles. The highest BCUT2D eigenvalue weighted by Gasteiger charge is 2.25. The van der Waals surface area contributed by atoms with Crippen molar-refractivity contribution in [2.75, 3.05) is 0 Å². The molecule has 3 rings (SSSR count). The molecule has 140 valence electrons. The Hall–Kier alpha value is -2.88. The van der Waals surface area contributed by atoms with Crippen LogP contribution in [-0.2, 0) is 9.53 Å². The van der Waals surface area contributed by atoms with E-state index >= 15 is 0 Å². The summed E-state index contributed by atoms with van der Waals surface area (Å²) < 4.78 is 7.64. The molecule has 1 aromatic heterocycles. The second-order valence-electron chi connectivity index (χ2n) is 6.75. The molecule has 4 nitrogen and oxygen atoms in total. The van der Waals surface area contributed by atoms with Gasteiger partial charge >= 0.3 is 5.97 Å². The molecule has 2 aromatic carbocycles. The van der Waals surface area contributed by atoms with Gasteiger partial charge in [0.25, 0.3) is 0 Å². The molecule has 0 N–H and O–H groups in total. The van der Waals surface area contributed by atoms with Gasteiger partial charge in [-0.25, -0.2) is 0 Å². The maximum Gasteiger partial charge on any atom is 0.304 e. The highest BCUT2D eigenvalue weighted by Crippen LogP contribution is 2.33. The number of fused-ring (bicyclic) bond motifs is 1. The molecule has 0 bridgehead atoms. The van der Waals surface area contributed by atoms with Crippen molar-refractivity contribution in [1.29, 1.82) is 0 Å². The molecular formula is C23H25NO3. The number of carbonyl (C=O) groups is 2. The zero-order valence-electron chi connectivity index (χ0n) is 16.1. The van der Waals surface area contributed by atoms with Crippen LogP contribution in [0.4, 0.5) is 0 Å². The fraction of sp³-hybridized carbons (Fsp3) is 0.304. The normalized spacial score (nSPS) is 12.1. The Morgan fingerprint density at radius 1 is 1.04 bits per heavy atom. The number of hydrogen-bond donors (Lipinski definition) is 0. The van der Waals surface area contributed by atoms with E-state index in [1.807, 2.05) is 66.1 Å². The number of nitrogens with zero attached hydrogens (tertiary/aromatic N) is 1. The summed E-state index contributed by atoms with van der Waals surface area (Å²) in [6, 6.07) is 17.1. The maximum absolute atomic E-state index is 13.2. The summed E-state index contributed by atoms with van der Waals surface area (Å²) in [4.78, 5) is 24.9. The maximum atomic E-state index is 13.2. The average Bonchev–Trinajstić information content (AvgIpc) is 2.97. The molecule has 3 aromatic rings. The first-order chi connectivity index (χ1) is 13.0. The van der Waals surface area contributed by atoms with Gasteiger partial charge in [0.15, 0.2) is 12.0 Å². The Balaban J connectivity index is 2.18. The van der Waals surface area contributed by atoms with Crippen LogP contribution in [0, 0.1) is 6.92 Å². The Bertz CT molecular complexity index is 956. The van der Waals surface area contributed by atoms with Crippen molar-refractivity contribution in [2.24, 2.45) is 0 Å². The van der Waals surface area contributed by atoms with Crippen LogP contribution < -0.4 is 0 Å². The standard InChI is InChI=1S/C23H25NO3/c1-4-5-15-21(27-17(3)25)24-16(2)22(19-13-9-10-14-20(19)24)23(26)18-11-7-6-8-12-18/h6-14,21H,4-5,15H2,1-3H3. The predicted octanol–water partition coefficient (Wildman–Crippen LogP) is 5.43. The smallest absolute Gasteiger partial charge is 0.304 e. The number of benzene rings is 2. The molecule has 0 amide bonds. The van der Waals surface area contributed by atoms with Crippen molar-refractivity contribution in [1.82, 2.24) is 4.57 Å². The summed E-state index contributed by atoms with van der Waals surface area (Å²) in [6.07, 6.45) is 2.25. The zero-order valence-corrected chi connectivity index (χ0v) is 16.1. The van der Waals surface area contributed by atoms with Gasteiger partial charge in [-0.15, -0.1) is 0 Å². The van der Waals surface area contributed by atoms with Gasteiger partial charge < -0.3 is 9.30 Å². The first-order valence-corrected chi connectivity index (χ1v) is 9.41. The monoisotopic (exact) mass is 363 g/mol. The molecule has 1 unspecified atom stereocenters. The van der Waals surface area contributed by atoms with Gasteiger partial charge in [0.05, 0.1) is 11.1 Å². The van der Waals surface area contributed by atoms with Crippen LogP contribution in [0.15, 0.2) is 54.6 Å². The molecule has 0 radical (unpaired) electrons. The summed E-state index contributed by atoms with van der Waals surface area (Å²) >= 11 is 0. The topological polar surface area (TPSA) is 48.3 Å². The van der Waals surface area contributed by atoms with Gasteiger partial charge in [-0.05, 0) is 19.4 Å². The number of aromatic nitrogens is 1. The van der Waals surface area contributed by atoms with Crippen LogP contribution in [0.3, 0.4) is 0 Å². The van der Waals surface area contributed by atoms with Crippen LogP contribution in [0.2, 0.25) is 0 Å². The molecule has 0 spiro atoms. The molecule has 0 saturated carbocycles. The molecular weight excluding hydrogens is 338 g/mol. The molecule has 0 saturated heterocycles. The quantitative estimate of drug-likeness (QED) is 0.415. The van der Waals surface area contributed by atoms with Crippen LogP contribution >= 0.6 is 0 Å². The van der Waals surface area contributed by atoms with Crippen molar-refractivity contribution in [3.8, 4) is 0 Å². The zero-order chi connectivity index (χ0) is 19.4. The van der Waals surface area contributed by atoms with Gasteiger partial charge in [0.2, 0.25) is 0 Å². The molecule has 0 aliphatic heterocycles.